The third kappa shape index (κ3) is 60.9. The molecule has 0 aromatic heterocycles. The highest BCUT2D eigenvalue weighted by atomic mass is 16.6. The lowest BCUT2D eigenvalue weighted by molar-refractivity contribution is -0.167. The van der Waals surface area contributed by atoms with Crippen molar-refractivity contribution in [2.45, 2.75) is 386 Å². The van der Waals surface area contributed by atoms with Gasteiger partial charge in [0.25, 0.3) is 0 Å². The fourth-order valence-corrected chi connectivity index (χ4v) is 10.3. The van der Waals surface area contributed by atoms with Crippen molar-refractivity contribution in [3.05, 3.63) is 12.2 Å². The zero-order valence-corrected chi connectivity index (χ0v) is 49.7. The van der Waals surface area contributed by atoms with Gasteiger partial charge in [0.2, 0.25) is 0 Å². The molecule has 0 amide bonds. The molecule has 0 radical (unpaired) electrons. The van der Waals surface area contributed by atoms with Gasteiger partial charge in [-0.25, -0.2) is 0 Å². The predicted octanol–water partition coefficient (Wildman–Crippen LogP) is 22.4. The third-order valence-electron chi connectivity index (χ3n) is 15.3. The van der Waals surface area contributed by atoms with Gasteiger partial charge in [0.05, 0.1) is 0 Å². The second-order valence-electron chi connectivity index (χ2n) is 22.7. The molecule has 0 saturated heterocycles. The van der Waals surface area contributed by atoms with Gasteiger partial charge in [-0.3, -0.25) is 14.4 Å². The van der Waals surface area contributed by atoms with Gasteiger partial charge in [-0.2, -0.15) is 0 Å². The first-order valence-electron chi connectivity index (χ1n) is 33.2. The van der Waals surface area contributed by atoms with E-state index in [1.54, 1.807) is 0 Å². The smallest absolute Gasteiger partial charge is 0.306 e. The largest absolute Gasteiger partial charge is 0.462 e. The van der Waals surface area contributed by atoms with Crippen LogP contribution in [0.15, 0.2) is 12.2 Å². The van der Waals surface area contributed by atoms with Crippen LogP contribution in [-0.2, 0) is 28.6 Å². The fourth-order valence-electron chi connectivity index (χ4n) is 10.3. The van der Waals surface area contributed by atoms with Crippen molar-refractivity contribution in [2.24, 2.45) is 0 Å². The summed E-state index contributed by atoms with van der Waals surface area (Å²) in [6, 6.07) is 0. The number of rotatable bonds is 62. The molecule has 73 heavy (non-hydrogen) atoms. The summed E-state index contributed by atoms with van der Waals surface area (Å²) in [6.07, 6.45) is 73.7. The van der Waals surface area contributed by atoms with Gasteiger partial charge in [-0.05, 0) is 44.9 Å². The van der Waals surface area contributed by atoms with E-state index < -0.39 is 6.10 Å². The number of unbranched alkanes of at least 4 members (excludes halogenated alkanes) is 49. The van der Waals surface area contributed by atoms with Crippen LogP contribution in [0.3, 0.4) is 0 Å². The Bertz CT molecular complexity index is 1130. The van der Waals surface area contributed by atoms with Crippen LogP contribution >= 0.6 is 0 Å². The summed E-state index contributed by atoms with van der Waals surface area (Å²) in [5.74, 6) is -0.844. The van der Waals surface area contributed by atoms with E-state index in [0.29, 0.717) is 19.3 Å². The first-order chi connectivity index (χ1) is 36.0. The van der Waals surface area contributed by atoms with Crippen molar-refractivity contribution < 1.29 is 28.6 Å². The molecular weight excluding hydrogens is 901 g/mol. The number of carbonyl (C=O) groups excluding carboxylic acids is 3. The molecule has 6 heteroatoms. The van der Waals surface area contributed by atoms with E-state index >= 15 is 0 Å². The third-order valence-corrected chi connectivity index (χ3v) is 15.3. The van der Waals surface area contributed by atoms with E-state index in [4.69, 9.17) is 14.2 Å². The Hall–Kier alpha value is -1.85. The lowest BCUT2D eigenvalue weighted by Gasteiger charge is -2.18. The minimum atomic E-state index is -0.769. The van der Waals surface area contributed by atoms with E-state index in [-0.39, 0.29) is 31.1 Å². The van der Waals surface area contributed by atoms with E-state index in [2.05, 4.69) is 32.9 Å². The number of hydrogen-bond donors (Lipinski definition) is 0. The molecule has 0 aromatic carbocycles. The molecule has 6 nitrogen and oxygen atoms in total. The maximum Gasteiger partial charge on any atom is 0.306 e. The van der Waals surface area contributed by atoms with Gasteiger partial charge in [-0.1, -0.05) is 328 Å². The lowest BCUT2D eigenvalue weighted by Crippen LogP contribution is -2.30. The highest BCUT2D eigenvalue weighted by molar-refractivity contribution is 5.71. The summed E-state index contributed by atoms with van der Waals surface area (Å²) in [5, 5.41) is 0. The van der Waals surface area contributed by atoms with Crippen molar-refractivity contribution in [1.29, 1.82) is 0 Å². The Kier molecular flexibility index (Phi) is 61.1. The van der Waals surface area contributed by atoms with Gasteiger partial charge in [0, 0.05) is 19.3 Å². The molecular formula is C67H128O6. The van der Waals surface area contributed by atoms with Crippen LogP contribution in [0.4, 0.5) is 0 Å². The number of esters is 3. The molecule has 0 aliphatic heterocycles. The normalized spacial score (nSPS) is 12.0. The van der Waals surface area contributed by atoms with E-state index in [1.165, 1.54) is 276 Å². The lowest BCUT2D eigenvalue weighted by atomic mass is 10.0. The molecule has 0 bridgehead atoms. The highest BCUT2D eigenvalue weighted by Gasteiger charge is 2.19. The minimum Gasteiger partial charge on any atom is -0.462 e. The number of carbonyl (C=O) groups is 3. The van der Waals surface area contributed by atoms with Gasteiger partial charge in [0.15, 0.2) is 6.10 Å². The standard InChI is InChI=1S/C67H128O6/c1-4-7-10-13-16-19-22-25-27-29-31-33-35-36-38-40-42-45-48-51-54-57-60-66(69)72-63-64(62-71-65(68)59-56-53-50-47-44-24-21-18-15-12-9-6-3)73-67(70)61-58-55-52-49-46-43-41-39-37-34-32-30-28-26-23-20-17-14-11-8-5-2/h18,21,64H,4-17,19-20,22-63H2,1-3H3/b21-18-. The highest BCUT2D eigenvalue weighted by Crippen LogP contribution is 2.19. The quantitative estimate of drug-likeness (QED) is 0.0261. The summed E-state index contributed by atoms with van der Waals surface area (Å²) in [4.78, 5) is 38.3. The van der Waals surface area contributed by atoms with Crippen molar-refractivity contribution in [1.82, 2.24) is 0 Å². The van der Waals surface area contributed by atoms with Crippen molar-refractivity contribution >= 4 is 17.9 Å². The second-order valence-corrected chi connectivity index (χ2v) is 22.7. The maximum absolute atomic E-state index is 12.9. The summed E-state index contributed by atoms with van der Waals surface area (Å²) in [7, 11) is 0. The maximum atomic E-state index is 12.9. The van der Waals surface area contributed by atoms with Crippen molar-refractivity contribution in [2.75, 3.05) is 13.2 Å². The Morgan fingerprint density at radius 3 is 0.712 bits per heavy atom. The van der Waals surface area contributed by atoms with Gasteiger partial charge < -0.3 is 14.2 Å². The molecule has 0 N–H and O–H groups in total. The van der Waals surface area contributed by atoms with Crippen LogP contribution in [0.5, 0.6) is 0 Å². The monoisotopic (exact) mass is 1030 g/mol. The van der Waals surface area contributed by atoms with Crippen LogP contribution in [-0.4, -0.2) is 37.2 Å². The summed E-state index contributed by atoms with van der Waals surface area (Å²) < 4.78 is 16.9. The first kappa shape index (κ1) is 71.2. The second kappa shape index (κ2) is 62.7. The minimum absolute atomic E-state index is 0.0660. The zero-order chi connectivity index (χ0) is 52.9. The molecule has 1 unspecified atom stereocenters. The van der Waals surface area contributed by atoms with Crippen molar-refractivity contribution in [3.63, 3.8) is 0 Å². The van der Waals surface area contributed by atoms with E-state index in [9.17, 15) is 14.4 Å². The number of ether oxygens (including phenoxy) is 3. The first-order valence-corrected chi connectivity index (χ1v) is 33.2. The zero-order valence-electron chi connectivity index (χ0n) is 49.7. The molecule has 1 atom stereocenters. The van der Waals surface area contributed by atoms with Crippen molar-refractivity contribution in [3.8, 4) is 0 Å². The van der Waals surface area contributed by atoms with Crippen LogP contribution in [0.25, 0.3) is 0 Å². The van der Waals surface area contributed by atoms with Crippen LogP contribution in [0.2, 0.25) is 0 Å². The Balaban J connectivity index is 4.22. The molecule has 432 valence electrons. The average Bonchev–Trinajstić information content (AvgIpc) is 3.39. The van der Waals surface area contributed by atoms with E-state index in [0.717, 1.165) is 64.2 Å². The molecule has 0 aliphatic rings. The molecule has 0 rings (SSSR count). The number of hydrogen-bond acceptors (Lipinski definition) is 6. The molecule has 0 saturated carbocycles. The Morgan fingerprint density at radius 2 is 0.452 bits per heavy atom. The summed E-state index contributed by atoms with van der Waals surface area (Å²) in [5.41, 5.74) is 0. The number of allylic oxidation sites excluding steroid dienone is 2. The van der Waals surface area contributed by atoms with Gasteiger partial charge in [0.1, 0.15) is 13.2 Å². The van der Waals surface area contributed by atoms with Gasteiger partial charge in [-0.15, -0.1) is 0 Å². The topological polar surface area (TPSA) is 78.9 Å². The summed E-state index contributed by atoms with van der Waals surface area (Å²) >= 11 is 0. The van der Waals surface area contributed by atoms with Gasteiger partial charge >= 0.3 is 17.9 Å². The fraction of sp³-hybridized carbons (Fsp3) is 0.925. The molecule has 0 aliphatic carbocycles. The SMILES string of the molecule is CCCCC/C=C\CCCCCCCC(=O)OCC(COC(=O)CCCCCCCCCCCCCCCCCCCCCCCC)OC(=O)CCCCCCCCCCCCCCCCCCCCCCC. The predicted molar refractivity (Wildman–Crippen MR) is 317 cm³/mol. The molecule has 0 aromatic rings. The Labute approximate surface area is 456 Å². The molecule has 0 spiro atoms. The molecule has 0 heterocycles. The Morgan fingerprint density at radius 1 is 0.260 bits per heavy atom. The average molecular weight is 1030 g/mol. The molecule has 0 fully saturated rings. The summed E-state index contributed by atoms with van der Waals surface area (Å²) in [6.45, 7) is 6.69. The van der Waals surface area contributed by atoms with Crippen LogP contribution in [0.1, 0.15) is 380 Å². The van der Waals surface area contributed by atoms with Crippen LogP contribution in [0, 0.1) is 0 Å². The van der Waals surface area contributed by atoms with E-state index in [1.807, 2.05) is 0 Å². The van der Waals surface area contributed by atoms with Crippen LogP contribution < -0.4 is 0 Å².